The Kier molecular flexibility index (Phi) is 4.95. The van der Waals surface area contributed by atoms with Gasteiger partial charge in [-0.25, -0.2) is 4.98 Å². The molecular weight excluding hydrogens is 274 g/mol. The summed E-state index contributed by atoms with van der Waals surface area (Å²) in [6.45, 7) is 2.79. The molecule has 106 valence electrons. The highest BCUT2D eigenvalue weighted by Crippen LogP contribution is 2.14. The maximum absolute atomic E-state index is 11.6. The zero-order chi connectivity index (χ0) is 14.4. The Balaban J connectivity index is 1.67. The predicted molar refractivity (Wildman–Crippen MR) is 79.7 cm³/mol. The van der Waals surface area contributed by atoms with Gasteiger partial charge in [0.05, 0.1) is 24.6 Å². The Morgan fingerprint density at radius 3 is 3.05 bits per heavy atom. The van der Waals surface area contributed by atoms with Gasteiger partial charge in [-0.15, -0.1) is 11.3 Å². The quantitative estimate of drug-likeness (QED) is 0.799. The van der Waals surface area contributed by atoms with Crippen molar-refractivity contribution in [3.05, 3.63) is 40.3 Å². The Hall–Kier alpha value is -2.08. The average Bonchev–Trinajstić information content (AvgIpc) is 2.82. The fourth-order valence-corrected chi connectivity index (χ4v) is 2.36. The van der Waals surface area contributed by atoms with Crippen molar-refractivity contribution in [1.82, 2.24) is 10.3 Å². The smallest absolute Gasteiger partial charge is 0.223 e. The standard InChI is InChI=1S/C14H17N3O2S/c1-10-16-8-13(20-10)9-17-14(18)5-6-19-12-4-2-3-11(15)7-12/h2-4,7-8H,5-6,9,15H2,1H3,(H,17,18). The molecule has 2 aromatic rings. The van der Waals surface area contributed by atoms with Crippen molar-refractivity contribution in [3.63, 3.8) is 0 Å². The SMILES string of the molecule is Cc1ncc(CNC(=O)CCOc2cccc(N)c2)s1. The Morgan fingerprint density at radius 2 is 2.35 bits per heavy atom. The second kappa shape index (κ2) is 6.91. The van der Waals surface area contributed by atoms with E-state index in [1.165, 1.54) is 0 Å². The molecule has 0 unspecified atom stereocenters. The zero-order valence-electron chi connectivity index (χ0n) is 11.3. The molecule has 6 heteroatoms. The number of thiazole rings is 1. The van der Waals surface area contributed by atoms with Crippen LogP contribution in [-0.4, -0.2) is 17.5 Å². The third-order valence-electron chi connectivity index (χ3n) is 2.58. The summed E-state index contributed by atoms with van der Waals surface area (Å²) in [4.78, 5) is 16.8. The molecule has 0 fully saturated rings. The molecule has 0 saturated carbocycles. The number of carbonyl (C=O) groups is 1. The van der Waals surface area contributed by atoms with Crippen molar-refractivity contribution in [1.29, 1.82) is 0 Å². The summed E-state index contributed by atoms with van der Waals surface area (Å²) >= 11 is 1.58. The van der Waals surface area contributed by atoms with E-state index < -0.39 is 0 Å². The van der Waals surface area contributed by atoms with Gasteiger partial charge in [-0.1, -0.05) is 6.07 Å². The molecule has 1 aromatic heterocycles. The van der Waals surface area contributed by atoms with Crippen LogP contribution in [0.3, 0.4) is 0 Å². The number of nitrogen functional groups attached to an aromatic ring is 1. The molecule has 0 aliphatic rings. The first-order valence-electron chi connectivity index (χ1n) is 6.30. The number of ether oxygens (including phenoxy) is 1. The number of aromatic nitrogens is 1. The number of rotatable bonds is 6. The lowest BCUT2D eigenvalue weighted by Gasteiger charge is -2.07. The second-order valence-corrected chi connectivity index (χ2v) is 5.61. The average molecular weight is 291 g/mol. The maximum atomic E-state index is 11.6. The van der Waals surface area contributed by atoms with E-state index >= 15 is 0 Å². The van der Waals surface area contributed by atoms with E-state index in [-0.39, 0.29) is 5.91 Å². The van der Waals surface area contributed by atoms with Crippen LogP contribution in [0.15, 0.2) is 30.5 Å². The van der Waals surface area contributed by atoms with Gasteiger partial charge in [0.25, 0.3) is 0 Å². The van der Waals surface area contributed by atoms with Crippen LogP contribution in [0.25, 0.3) is 0 Å². The number of hydrogen-bond donors (Lipinski definition) is 2. The Labute approximate surface area is 121 Å². The molecule has 3 N–H and O–H groups in total. The number of hydrogen-bond acceptors (Lipinski definition) is 5. The van der Waals surface area contributed by atoms with Gasteiger partial charge >= 0.3 is 0 Å². The van der Waals surface area contributed by atoms with Crippen LogP contribution in [-0.2, 0) is 11.3 Å². The molecule has 0 spiro atoms. The zero-order valence-corrected chi connectivity index (χ0v) is 12.1. The molecule has 0 radical (unpaired) electrons. The second-order valence-electron chi connectivity index (χ2n) is 4.29. The van der Waals surface area contributed by atoms with Crippen LogP contribution in [0.2, 0.25) is 0 Å². The first kappa shape index (κ1) is 14.3. The van der Waals surface area contributed by atoms with Gasteiger partial charge in [0.15, 0.2) is 0 Å². The van der Waals surface area contributed by atoms with E-state index in [0.717, 1.165) is 9.88 Å². The van der Waals surface area contributed by atoms with Gasteiger partial charge in [0.2, 0.25) is 5.91 Å². The topological polar surface area (TPSA) is 77.2 Å². The van der Waals surface area contributed by atoms with Crippen LogP contribution in [0, 0.1) is 6.92 Å². The largest absolute Gasteiger partial charge is 0.493 e. The summed E-state index contributed by atoms with van der Waals surface area (Å²) in [6.07, 6.45) is 2.09. The van der Waals surface area contributed by atoms with E-state index in [0.29, 0.717) is 31.0 Å². The first-order chi connectivity index (χ1) is 9.63. The molecule has 0 bridgehead atoms. The molecule has 1 heterocycles. The maximum Gasteiger partial charge on any atom is 0.223 e. The predicted octanol–water partition coefficient (Wildman–Crippen LogP) is 2.12. The van der Waals surface area contributed by atoms with Crippen molar-refractivity contribution in [2.24, 2.45) is 0 Å². The number of amides is 1. The number of nitrogens with one attached hydrogen (secondary N) is 1. The minimum Gasteiger partial charge on any atom is -0.493 e. The van der Waals surface area contributed by atoms with Crippen LogP contribution in [0.5, 0.6) is 5.75 Å². The normalized spacial score (nSPS) is 10.2. The van der Waals surface area contributed by atoms with E-state index in [1.807, 2.05) is 19.1 Å². The fourth-order valence-electron chi connectivity index (χ4n) is 1.63. The van der Waals surface area contributed by atoms with Crippen molar-refractivity contribution >= 4 is 22.9 Å². The van der Waals surface area contributed by atoms with E-state index in [1.54, 1.807) is 29.7 Å². The van der Waals surface area contributed by atoms with Gasteiger partial charge in [0.1, 0.15) is 5.75 Å². The highest BCUT2D eigenvalue weighted by Gasteiger charge is 2.04. The van der Waals surface area contributed by atoms with Gasteiger partial charge in [-0.3, -0.25) is 4.79 Å². The number of anilines is 1. The van der Waals surface area contributed by atoms with Gasteiger partial charge in [-0.2, -0.15) is 0 Å². The molecule has 1 amide bonds. The van der Waals surface area contributed by atoms with Crippen molar-refractivity contribution in [2.75, 3.05) is 12.3 Å². The fraction of sp³-hybridized carbons (Fsp3) is 0.286. The van der Waals surface area contributed by atoms with E-state index in [2.05, 4.69) is 10.3 Å². The third kappa shape index (κ3) is 4.55. The molecule has 0 atom stereocenters. The van der Waals surface area contributed by atoms with Gasteiger partial charge in [0, 0.05) is 22.8 Å². The minimum atomic E-state index is -0.0417. The lowest BCUT2D eigenvalue weighted by molar-refractivity contribution is -0.121. The number of nitrogens with zero attached hydrogens (tertiary/aromatic N) is 1. The summed E-state index contributed by atoms with van der Waals surface area (Å²) in [7, 11) is 0. The van der Waals surface area contributed by atoms with Crippen molar-refractivity contribution in [2.45, 2.75) is 19.9 Å². The van der Waals surface area contributed by atoms with Crippen LogP contribution >= 0.6 is 11.3 Å². The minimum absolute atomic E-state index is 0.0417. The van der Waals surface area contributed by atoms with Crippen LogP contribution in [0.1, 0.15) is 16.3 Å². The molecule has 1 aromatic carbocycles. The molecule has 0 saturated heterocycles. The van der Waals surface area contributed by atoms with Crippen LogP contribution < -0.4 is 15.8 Å². The molecule has 2 rings (SSSR count). The highest BCUT2D eigenvalue weighted by atomic mass is 32.1. The van der Waals surface area contributed by atoms with E-state index in [9.17, 15) is 4.79 Å². The summed E-state index contributed by atoms with van der Waals surface area (Å²) < 4.78 is 5.46. The first-order valence-corrected chi connectivity index (χ1v) is 7.11. The van der Waals surface area contributed by atoms with Gasteiger partial charge < -0.3 is 15.8 Å². The van der Waals surface area contributed by atoms with Crippen molar-refractivity contribution in [3.8, 4) is 5.75 Å². The summed E-state index contributed by atoms with van der Waals surface area (Å²) in [5.74, 6) is 0.635. The van der Waals surface area contributed by atoms with E-state index in [4.69, 9.17) is 10.5 Å². The molecule has 0 aliphatic heterocycles. The lowest BCUT2D eigenvalue weighted by Crippen LogP contribution is -2.24. The highest BCUT2D eigenvalue weighted by molar-refractivity contribution is 7.11. The number of aryl methyl sites for hydroxylation is 1. The summed E-state index contributed by atoms with van der Waals surface area (Å²) in [5.41, 5.74) is 6.29. The summed E-state index contributed by atoms with van der Waals surface area (Å²) in [5, 5.41) is 3.84. The monoisotopic (exact) mass is 291 g/mol. The lowest BCUT2D eigenvalue weighted by atomic mass is 10.3. The third-order valence-corrected chi connectivity index (χ3v) is 3.50. The molecule has 0 aliphatic carbocycles. The van der Waals surface area contributed by atoms with Crippen LogP contribution in [0.4, 0.5) is 5.69 Å². The summed E-state index contributed by atoms with van der Waals surface area (Å²) in [6, 6.07) is 7.15. The number of benzene rings is 1. The number of carbonyl (C=O) groups excluding carboxylic acids is 1. The molecular formula is C14H17N3O2S. The molecule has 20 heavy (non-hydrogen) atoms. The molecule has 5 nitrogen and oxygen atoms in total. The number of nitrogens with two attached hydrogens (primary N) is 1. The Morgan fingerprint density at radius 1 is 1.50 bits per heavy atom. The van der Waals surface area contributed by atoms with Crippen molar-refractivity contribution < 1.29 is 9.53 Å². The van der Waals surface area contributed by atoms with Gasteiger partial charge in [-0.05, 0) is 19.1 Å². The Bertz CT molecular complexity index is 583.